The van der Waals surface area contributed by atoms with E-state index in [0.717, 1.165) is 5.56 Å². The minimum Gasteiger partial charge on any atom is -0.348 e. The molecule has 1 N–H and O–H groups in total. The van der Waals surface area contributed by atoms with Crippen LogP contribution in [-0.4, -0.2) is 16.1 Å². The Morgan fingerprint density at radius 2 is 1.82 bits per heavy atom. The topological polar surface area (TPSA) is 37.8 Å². The maximum Gasteiger partial charge on any atom is 0.389 e. The molecule has 22 heavy (non-hydrogen) atoms. The van der Waals surface area contributed by atoms with E-state index in [1.807, 2.05) is 6.92 Å². The highest BCUT2D eigenvalue weighted by Crippen LogP contribution is 2.22. The Morgan fingerprint density at radius 3 is 2.45 bits per heavy atom. The van der Waals surface area contributed by atoms with Crippen molar-refractivity contribution >= 4 is 5.95 Å². The first-order chi connectivity index (χ1) is 10.3. The lowest BCUT2D eigenvalue weighted by molar-refractivity contribution is -0.134. The summed E-state index contributed by atoms with van der Waals surface area (Å²) < 4.78 is 49.5. The molecular formula is C15H15F4N3. The van der Waals surface area contributed by atoms with Gasteiger partial charge in [0.05, 0.1) is 6.04 Å². The molecular weight excluding hydrogens is 298 g/mol. The van der Waals surface area contributed by atoms with E-state index in [9.17, 15) is 17.6 Å². The molecule has 0 fully saturated rings. The summed E-state index contributed by atoms with van der Waals surface area (Å²) in [5.74, 6) is -0.0853. The molecule has 0 aliphatic rings. The molecule has 118 valence electrons. The number of hydrogen-bond donors (Lipinski definition) is 1. The SMILES string of the molecule is CC(Nc1nccc(CCC(F)(F)F)n1)c1ccc(F)cc1. The molecule has 1 aromatic heterocycles. The number of rotatable bonds is 5. The Kier molecular flexibility index (Phi) is 4.95. The van der Waals surface area contributed by atoms with E-state index in [4.69, 9.17) is 0 Å². The molecule has 0 radical (unpaired) electrons. The lowest BCUT2D eigenvalue weighted by atomic mass is 10.1. The summed E-state index contributed by atoms with van der Waals surface area (Å²) in [7, 11) is 0. The number of nitrogens with zero attached hydrogens (tertiary/aromatic N) is 2. The van der Waals surface area contributed by atoms with Gasteiger partial charge in [-0.15, -0.1) is 0 Å². The predicted octanol–water partition coefficient (Wildman–Crippen LogP) is 4.28. The van der Waals surface area contributed by atoms with Crippen molar-refractivity contribution in [3.8, 4) is 0 Å². The van der Waals surface area contributed by atoms with Gasteiger partial charge in [-0.2, -0.15) is 13.2 Å². The second kappa shape index (κ2) is 6.72. The number of aromatic nitrogens is 2. The fourth-order valence-electron chi connectivity index (χ4n) is 1.90. The highest BCUT2D eigenvalue weighted by Gasteiger charge is 2.26. The average Bonchev–Trinajstić information content (AvgIpc) is 2.45. The maximum absolute atomic E-state index is 12.9. The quantitative estimate of drug-likeness (QED) is 0.837. The minimum absolute atomic E-state index is 0.189. The van der Waals surface area contributed by atoms with E-state index >= 15 is 0 Å². The molecule has 0 amide bonds. The van der Waals surface area contributed by atoms with Gasteiger partial charge in [-0.1, -0.05) is 12.1 Å². The van der Waals surface area contributed by atoms with Crippen molar-refractivity contribution in [1.29, 1.82) is 0 Å². The zero-order valence-electron chi connectivity index (χ0n) is 11.9. The first-order valence-corrected chi connectivity index (χ1v) is 6.74. The second-order valence-electron chi connectivity index (χ2n) is 4.90. The Labute approximate surface area is 125 Å². The molecule has 1 heterocycles. The fourth-order valence-corrected chi connectivity index (χ4v) is 1.90. The summed E-state index contributed by atoms with van der Waals surface area (Å²) >= 11 is 0. The van der Waals surface area contributed by atoms with Crippen LogP contribution in [0.3, 0.4) is 0 Å². The van der Waals surface area contributed by atoms with Crippen molar-refractivity contribution in [2.75, 3.05) is 5.32 Å². The standard InChI is InChI=1S/C15H15F4N3/c1-10(11-2-4-12(16)5-3-11)21-14-20-9-7-13(22-14)6-8-15(17,18)19/h2-5,7,9-10H,6,8H2,1H3,(H,20,21,22). The Balaban J connectivity index is 2.02. The van der Waals surface area contributed by atoms with Crippen LogP contribution in [0.1, 0.15) is 30.6 Å². The predicted molar refractivity (Wildman–Crippen MR) is 74.8 cm³/mol. The number of anilines is 1. The molecule has 1 unspecified atom stereocenters. The van der Waals surface area contributed by atoms with Gasteiger partial charge in [-0.25, -0.2) is 14.4 Å². The largest absolute Gasteiger partial charge is 0.389 e. The molecule has 2 rings (SSSR count). The van der Waals surface area contributed by atoms with Crippen LogP contribution in [0.15, 0.2) is 36.5 Å². The number of halogens is 4. The Bertz CT molecular complexity index is 611. The molecule has 0 saturated carbocycles. The molecule has 0 aliphatic carbocycles. The van der Waals surface area contributed by atoms with Crippen molar-refractivity contribution in [3.63, 3.8) is 0 Å². The first kappa shape index (κ1) is 16.2. The van der Waals surface area contributed by atoms with E-state index in [-0.39, 0.29) is 24.2 Å². The molecule has 2 aromatic rings. The third-order valence-electron chi connectivity index (χ3n) is 3.09. The molecule has 3 nitrogen and oxygen atoms in total. The van der Waals surface area contributed by atoms with Crippen molar-refractivity contribution in [2.45, 2.75) is 32.0 Å². The van der Waals surface area contributed by atoms with Gasteiger partial charge in [-0.05, 0) is 37.1 Å². The van der Waals surface area contributed by atoms with E-state index in [0.29, 0.717) is 5.69 Å². The van der Waals surface area contributed by atoms with Crippen LogP contribution in [0.4, 0.5) is 23.5 Å². The highest BCUT2D eigenvalue weighted by atomic mass is 19.4. The summed E-state index contributed by atoms with van der Waals surface area (Å²) in [5.41, 5.74) is 1.15. The van der Waals surface area contributed by atoms with Crippen LogP contribution in [0.25, 0.3) is 0 Å². The van der Waals surface area contributed by atoms with Gasteiger partial charge in [0.15, 0.2) is 0 Å². The van der Waals surface area contributed by atoms with Gasteiger partial charge in [0.25, 0.3) is 0 Å². The zero-order chi connectivity index (χ0) is 16.2. The average molecular weight is 313 g/mol. The number of hydrogen-bond acceptors (Lipinski definition) is 3. The maximum atomic E-state index is 12.9. The van der Waals surface area contributed by atoms with E-state index < -0.39 is 12.6 Å². The van der Waals surface area contributed by atoms with E-state index in [1.54, 1.807) is 12.1 Å². The molecule has 0 spiro atoms. The smallest absolute Gasteiger partial charge is 0.348 e. The number of alkyl halides is 3. The summed E-state index contributed by atoms with van der Waals surface area (Å²) in [6.45, 7) is 1.83. The van der Waals surface area contributed by atoms with Crippen molar-refractivity contribution in [2.24, 2.45) is 0 Å². The molecule has 1 atom stereocenters. The van der Waals surface area contributed by atoms with Crippen molar-refractivity contribution in [3.05, 3.63) is 53.6 Å². The molecule has 1 aromatic carbocycles. The van der Waals surface area contributed by atoms with Crippen LogP contribution < -0.4 is 5.32 Å². The third-order valence-corrected chi connectivity index (χ3v) is 3.09. The van der Waals surface area contributed by atoms with Crippen LogP contribution >= 0.6 is 0 Å². The monoisotopic (exact) mass is 313 g/mol. The van der Waals surface area contributed by atoms with E-state index in [2.05, 4.69) is 15.3 Å². The lowest BCUT2D eigenvalue weighted by Gasteiger charge is -2.14. The number of benzene rings is 1. The van der Waals surface area contributed by atoms with Gasteiger partial charge in [0.2, 0.25) is 5.95 Å². The normalized spacial score (nSPS) is 13.0. The van der Waals surface area contributed by atoms with Crippen molar-refractivity contribution < 1.29 is 17.6 Å². The van der Waals surface area contributed by atoms with Crippen molar-refractivity contribution in [1.82, 2.24) is 9.97 Å². The van der Waals surface area contributed by atoms with Gasteiger partial charge >= 0.3 is 6.18 Å². The summed E-state index contributed by atoms with van der Waals surface area (Å²) in [5, 5.41) is 2.99. The summed E-state index contributed by atoms with van der Waals surface area (Å²) in [4.78, 5) is 8.05. The third kappa shape index (κ3) is 4.98. The zero-order valence-corrected chi connectivity index (χ0v) is 11.9. The molecule has 0 bridgehead atoms. The molecule has 0 aliphatic heterocycles. The number of nitrogens with one attached hydrogen (secondary N) is 1. The molecule has 0 saturated heterocycles. The highest BCUT2D eigenvalue weighted by molar-refractivity contribution is 5.32. The Morgan fingerprint density at radius 1 is 1.14 bits per heavy atom. The van der Waals surface area contributed by atoms with Crippen LogP contribution in [0.5, 0.6) is 0 Å². The fraction of sp³-hybridized carbons (Fsp3) is 0.333. The lowest BCUT2D eigenvalue weighted by Crippen LogP contribution is -2.12. The van der Waals surface area contributed by atoms with Gasteiger partial charge < -0.3 is 5.32 Å². The Hall–Kier alpha value is -2.18. The van der Waals surface area contributed by atoms with Gasteiger partial charge in [0, 0.05) is 18.3 Å². The van der Waals surface area contributed by atoms with Gasteiger partial charge in [-0.3, -0.25) is 0 Å². The summed E-state index contributed by atoms with van der Waals surface area (Å²) in [6.07, 6.45) is -3.90. The van der Waals surface area contributed by atoms with Crippen LogP contribution in [0.2, 0.25) is 0 Å². The molecule has 7 heteroatoms. The van der Waals surface area contributed by atoms with Crippen LogP contribution in [-0.2, 0) is 6.42 Å². The van der Waals surface area contributed by atoms with E-state index in [1.165, 1.54) is 24.4 Å². The second-order valence-corrected chi connectivity index (χ2v) is 4.90. The first-order valence-electron chi connectivity index (χ1n) is 6.74. The summed E-state index contributed by atoms with van der Waals surface area (Å²) in [6, 6.07) is 7.20. The minimum atomic E-state index is -4.21. The van der Waals surface area contributed by atoms with Gasteiger partial charge in [0.1, 0.15) is 5.82 Å². The van der Waals surface area contributed by atoms with Crippen LogP contribution in [0, 0.1) is 5.82 Å². The number of aryl methyl sites for hydroxylation is 1.